The van der Waals surface area contributed by atoms with Crippen molar-refractivity contribution < 1.29 is 9.53 Å². The minimum Gasteiger partial charge on any atom is -0.397 e. The largest absolute Gasteiger partial charge is 0.397 e. The van der Waals surface area contributed by atoms with Gasteiger partial charge in [-0.1, -0.05) is 23.2 Å². The van der Waals surface area contributed by atoms with Gasteiger partial charge in [0, 0.05) is 24.7 Å². The van der Waals surface area contributed by atoms with Crippen LogP contribution in [0.4, 0.5) is 11.4 Å². The molecule has 0 spiro atoms. The molecule has 1 heterocycles. The number of hydrogen-bond donors (Lipinski definition) is 2. The average Bonchev–Trinajstić information content (AvgIpc) is 2.62. The minimum atomic E-state index is -0.150. The van der Waals surface area contributed by atoms with Crippen molar-refractivity contribution in [2.24, 2.45) is 0 Å². The summed E-state index contributed by atoms with van der Waals surface area (Å²) in [6.07, 6.45) is 0.928. The number of nitrogens with one attached hydrogen (secondary N) is 1. The van der Waals surface area contributed by atoms with Crippen LogP contribution in [0.1, 0.15) is 6.42 Å². The Hall–Kier alpha value is -1.01. The fourth-order valence-corrected chi connectivity index (χ4v) is 2.62. The summed E-state index contributed by atoms with van der Waals surface area (Å²) in [5.74, 6) is -0.150. The maximum Gasteiger partial charge on any atom is 0.238 e. The SMILES string of the molecule is Nc1cc(Cl)cc(Cl)c1NC(=O)CN1CCCOCC1. The molecule has 7 heteroatoms. The second kappa shape index (κ2) is 7.13. The molecule has 110 valence electrons. The molecule has 0 aliphatic carbocycles. The Kier molecular flexibility index (Phi) is 5.48. The van der Waals surface area contributed by atoms with E-state index in [0.717, 1.165) is 26.1 Å². The Balaban J connectivity index is 1.97. The van der Waals surface area contributed by atoms with E-state index in [1.54, 1.807) is 12.1 Å². The second-order valence-corrected chi connectivity index (χ2v) is 5.49. The Morgan fingerprint density at radius 2 is 2.15 bits per heavy atom. The van der Waals surface area contributed by atoms with E-state index >= 15 is 0 Å². The number of halogens is 2. The Bertz CT molecular complexity index is 465. The molecule has 1 aliphatic heterocycles. The first-order chi connectivity index (χ1) is 9.56. The normalized spacial score (nSPS) is 16.7. The summed E-state index contributed by atoms with van der Waals surface area (Å²) >= 11 is 11.9. The fraction of sp³-hybridized carbons (Fsp3) is 0.462. The summed E-state index contributed by atoms with van der Waals surface area (Å²) in [5.41, 5.74) is 6.58. The Morgan fingerprint density at radius 1 is 1.35 bits per heavy atom. The van der Waals surface area contributed by atoms with Gasteiger partial charge in [-0.2, -0.15) is 0 Å². The first-order valence-electron chi connectivity index (χ1n) is 6.41. The fourth-order valence-electron chi connectivity index (χ4n) is 2.06. The van der Waals surface area contributed by atoms with E-state index < -0.39 is 0 Å². The zero-order chi connectivity index (χ0) is 14.5. The quantitative estimate of drug-likeness (QED) is 0.839. The van der Waals surface area contributed by atoms with Crippen molar-refractivity contribution in [2.75, 3.05) is 43.9 Å². The molecule has 0 bridgehead atoms. The van der Waals surface area contributed by atoms with Gasteiger partial charge >= 0.3 is 0 Å². The smallest absolute Gasteiger partial charge is 0.238 e. The topological polar surface area (TPSA) is 67.6 Å². The third-order valence-electron chi connectivity index (χ3n) is 3.03. The van der Waals surface area contributed by atoms with Crippen molar-refractivity contribution in [1.29, 1.82) is 0 Å². The van der Waals surface area contributed by atoms with Crippen molar-refractivity contribution in [3.8, 4) is 0 Å². The lowest BCUT2D eigenvalue weighted by molar-refractivity contribution is -0.117. The maximum absolute atomic E-state index is 12.0. The predicted octanol–water partition coefficient (Wildman–Crippen LogP) is 2.24. The van der Waals surface area contributed by atoms with Crippen molar-refractivity contribution in [1.82, 2.24) is 4.90 Å². The lowest BCUT2D eigenvalue weighted by Gasteiger charge is -2.19. The van der Waals surface area contributed by atoms with Gasteiger partial charge in [0.1, 0.15) is 0 Å². The number of carbonyl (C=O) groups is 1. The highest BCUT2D eigenvalue weighted by Crippen LogP contribution is 2.31. The number of amides is 1. The van der Waals surface area contributed by atoms with Crippen LogP contribution in [-0.2, 0) is 9.53 Å². The second-order valence-electron chi connectivity index (χ2n) is 4.64. The molecule has 0 atom stereocenters. The number of carbonyl (C=O) groups excluding carboxylic acids is 1. The minimum absolute atomic E-state index is 0.150. The monoisotopic (exact) mass is 317 g/mol. The highest BCUT2D eigenvalue weighted by Gasteiger charge is 2.15. The zero-order valence-electron chi connectivity index (χ0n) is 11.0. The third kappa shape index (κ3) is 4.24. The summed E-state index contributed by atoms with van der Waals surface area (Å²) < 4.78 is 5.35. The molecular formula is C13H17Cl2N3O2. The van der Waals surface area contributed by atoms with Crippen LogP contribution in [0.5, 0.6) is 0 Å². The zero-order valence-corrected chi connectivity index (χ0v) is 12.5. The summed E-state index contributed by atoms with van der Waals surface area (Å²) in [7, 11) is 0. The molecule has 5 nitrogen and oxygen atoms in total. The molecular weight excluding hydrogens is 301 g/mol. The number of anilines is 2. The average molecular weight is 318 g/mol. The molecule has 1 fully saturated rings. The van der Waals surface area contributed by atoms with E-state index in [1.807, 2.05) is 4.90 Å². The number of nitrogens with two attached hydrogens (primary N) is 1. The number of ether oxygens (including phenoxy) is 1. The molecule has 0 radical (unpaired) electrons. The first-order valence-corrected chi connectivity index (χ1v) is 7.16. The van der Waals surface area contributed by atoms with E-state index in [2.05, 4.69) is 5.32 Å². The van der Waals surface area contributed by atoms with Crippen molar-refractivity contribution in [3.63, 3.8) is 0 Å². The maximum atomic E-state index is 12.0. The number of nitrogen functional groups attached to an aromatic ring is 1. The molecule has 1 aromatic carbocycles. The molecule has 1 aromatic rings. The van der Waals surface area contributed by atoms with Crippen LogP contribution in [-0.4, -0.2) is 43.7 Å². The van der Waals surface area contributed by atoms with Crippen LogP contribution in [0.3, 0.4) is 0 Å². The summed E-state index contributed by atoms with van der Waals surface area (Å²) in [5, 5.41) is 3.51. The third-order valence-corrected chi connectivity index (χ3v) is 3.55. The highest BCUT2D eigenvalue weighted by atomic mass is 35.5. The van der Waals surface area contributed by atoms with Crippen molar-refractivity contribution in [3.05, 3.63) is 22.2 Å². The highest BCUT2D eigenvalue weighted by molar-refractivity contribution is 6.37. The van der Waals surface area contributed by atoms with Crippen molar-refractivity contribution in [2.45, 2.75) is 6.42 Å². The van der Waals surface area contributed by atoms with E-state index in [-0.39, 0.29) is 5.91 Å². The van der Waals surface area contributed by atoms with E-state index in [4.69, 9.17) is 33.7 Å². The van der Waals surface area contributed by atoms with Gasteiger partial charge in [0.25, 0.3) is 0 Å². The Labute approximate surface area is 128 Å². The van der Waals surface area contributed by atoms with Crippen molar-refractivity contribution >= 4 is 40.5 Å². The number of nitrogens with zero attached hydrogens (tertiary/aromatic N) is 1. The van der Waals surface area contributed by atoms with Gasteiger partial charge in [-0.25, -0.2) is 0 Å². The van der Waals surface area contributed by atoms with Crippen LogP contribution >= 0.6 is 23.2 Å². The standard InChI is InChI=1S/C13H17Cl2N3O2/c14-9-6-10(15)13(11(16)7-9)17-12(19)8-18-2-1-4-20-5-3-18/h6-7H,1-5,8,16H2,(H,17,19). The van der Waals surface area contributed by atoms with Crippen LogP contribution < -0.4 is 11.1 Å². The summed E-state index contributed by atoms with van der Waals surface area (Å²) in [6, 6.07) is 3.11. The van der Waals surface area contributed by atoms with Crippen LogP contribution in [0.2, 0.25) is 10.0 Å². The number of rotatable bonds is 3. The molecule has 0 aromatic heterocycles. The van der Waals surface area contributed by atoms with Gasteiger partial charge in [-0.15, -0.1) is 0 Å². The lowest BCUT2D eigenvalue weighted by atomic mass is 10.2. The van der Waals surface area contributed by atoms with E-state index in [1.165, 1.54) is 0 Å². The van der Waals surface area contributed by atoms with Gasteiger partial charge in [-0.3, -0.25) is 9.69 Å². The molecule has 0 saturated carbocycles. The Morgan fingerprint density at radius 3 is 2.90 bits per heavy atom. The molecule has 0 unspecified atom stereocenters. The molecule has 1 amide bonds. The molecule has 20 heavy (non-hydrogen) atoms. The molecule has 1 saturated heterocycles. The van der Waals surface area contributed by atoms with Crippen LogP contribution in [0, 0.1) is 0 Å². The summed E-state index contributed by atoms with van der Waals surface area (Å²) in [6.45, 7) is 3.28. The predicted molar refractivity (Wildman–Crippen MR) is 81.4 cm³/mol. The lowest BCUT2D eigenvalue weighted by Crippen LogP contribution is -2.35. The van der Waals surface area contributed by atoms with Crippen LogP contribution in [0.15, 0.2) is 12.1 Å². The molecule has 1 aliphatic rings. The molecule has 3 N–H and O–H groups in total. The van der Waals surface area contributed by atoms with Gasteiger partial charge in [0.2, 0.25) is 5.91 Å². The van der Waals surface area contributed by atoms with Crippen LogP contribution in [0.25, 0.3) is 0 Å². The van der Waals surface area contributed by atoms with E-state index in [0.29, 0.717) is 34.6 Å². The van der Waals surface area contributed by atoms with Gasteiger partial charge in [-0.05, 0) is 18.6 Å². The van der Waals surface area contributed by atoms with E-state index in [9.17, 15) is 4.79 Å². The number of hydrogen-bond acceptors (Lipinski definition) is 4. The first kappa shape index (κ1) is 15.4. The van der Waals surface area contributed by atoms with Gasteiger partial charge in [0.15, 0.2) is 0 Å². The number of benzene rings is 1. The van der Waals surface area contributed by atoms with Gasteiger partial charge in [0.05, 0.1) is 29.5 Å². The summed E-state index contributed by atoms with van der Waals surface area (Å²) in [4.78, 5) is 14.1. The van der Waals surface area contributed by atoms with Gasteiger partial charge < -0.3 is 15.8 Å². The molecule has 2 rings (SSSR count).